The van der Waals surface area contributed by atoms with Crippen LogP contribution in [-0.2, 0) is 10.0 Å². The number of nitrogens with zero attached hydrogens (tertiary/aromatic N) is 1. The van der Waals surface area contributed by atoms with Gasteiger partial charge in [-0.1, -0.05) is 6.92 Å². The molecular formula is C12H17BrN2O5S. The Morgan fingerprint density at radius 1 is 1.52 bits per heavy atom. The molecular weight excluding hydrogens is 364 g/mol. The molecule has 0 amide bonds. The summed E-state index contributed by atoms with van der Waals surface area (Å²) in [5.74, 6) is -1.70. The van der Waals surface area contributed by atoms with Gasteiger partial charge in [-0.2, -0.15) is 4.31 Å². The van der Waals surface area contributed by atoms with Crippen LogP contribution in [0.15, 0.2) is 20.0 Å². The minimum Gasteiger partial charge on any atom is -0.475 e. The largest absolute Gasteiger partial charge is 0.475 e. The van der Waals surface area contributed by atoms with E-state index in [1.165, 1.54) is 4.31 Å². The van der Waals surface area contributed by atoms with Crippen molar-refractivity contribution in [2.75, 3.05) is 19.6 Å². The van der Waals surface area contributed by atoms with Crippen LogP contribution < -0.4 is 5.32 Å². The fraction of sp³-hybridized carbons (Fsp3) is 0.583. The molecule has 0 aromatic carbocycles. The van der Waals surface area contributed by atoms with Crippen LogP contribution >= 0.6 is 15.9 Å². The fourth-order valence-electron chi connectivity index (χ4n) is 2.48. The molecule has 0 aliphatic carbocycles. The number of carboxylic acids is 1. The predicted molar refractivity (Wildman–Crippen MR) is 78.8 cm³/mol. The Morgan fingerprint density at radius 2 is 2.14 bits per heavy atom. The highest BCUT2D eigenvalue weighted by atomic mass is 79.9. The van der Waals surface area contributed by atoms with Crippen molar-refractivity contribution in [1.82, 2.24) is 9.62 Å². The molecule has 0 atom stereocenters. The van der Waals surface area contributed by atoms with E-state index in [4.69, 9.17) is 9.52 Å². The van der Waals surface area contributed by atoms with Gasteiger partial charge in [0.2, 0.25) is 15.8 Å². The molecule has 7 nitrogen and oxygen atoms in total. The molecule has 0 radical (unpaired) electrons. The van der Waals surface area contributed by atoms with Gasteiger partial charge in [-0.3, -0.25) is 0 Å². The Hall–Kier alpha value is -0.900. The van der Waals surface area contributed by atoms with Gasteiger partial charge in [0.05, 0.1) is 0 Å². The summed E-state index contributed by atoms with van der Waals surface area (Å²) in [5.41, 5.74) is 0. The summed E-state index contributed by atoms with van der Waals surface area (Å²) >= 11 is 2.99. The molecule has 1 aliphatic heterocycles. The number of sulfonamides is 1. The van der Waals surface area contributed by atoms with Gasteiger partial charge in [-0.25, -0.2) is 13.2 Å². The molecule has 0 unspecified atom stereocenters. The van der Waals surface area contributed by atoms with Gasteiger partial charge in [0, 0.05) is 18.7 Å². The Morgan fingerprint density at radius 3 is 2.62 bits per heavy atom. The number of furan rings is 1. The summed E-state index contributed by atoms with van der Waals surface area (Å²) in [6.45, 7) is 3.63. The average molecular weight is 381 g/mol. The number of carboxylic acid groups (broad SMARTS) is 1. The van der Waals surface area contributed by atoms with E-state index < -0.39 is 21.8 Å². The first-order valence-electron chi connectivity index (χ1n) is 6.63. The predicted octanol–water partition coefficient (Wildman–Crippen LogP) is 1.50. The SMILES string of the molecule is CCN(C1CCNCC1)S(=O)(=O)c1cc(C(=O)O)oc1Br. The zero-order valence-corrected chi connectivity index (χ0v) is 13.9. The summed E-state index contributed by atoms with van der Waals surface area (Å²) < 4.78 is 31.8. The van der Waals surface area contributed by atoms with Crippen LogP contribution in [0.3, 0.4) is 0 Å². The Bertz CT molecular complexity index is 622. The van der Waals surface area contributed by atoms with Crippen molar-refractivity contribution in [1.29, 1.82) is 0 Å². The van der Waals surface area contributed by atoms with Crippen LogP contribution in [0.1, 0.15) is 30.3 Å². The molecule has 2 N–H and O–H groups in total. The minimum absolute atomic E-state index is 0.0766. The van der Waals surface area contributed by atoms with Gasteiger partial charge < -0.3 is 14.8 Å². The van der Waals surface area contributed by atoms with Gasteiger partial charge in [0.1, 0.15) is 4.90 Å². The monoisotopic (exact) mass is 380 g/mol. The number of halogens is 1. The number of rotatable bonds is 5. The zero-order chi connectivity index (χ0) is 15.6. The molecule has 1 aromatic heterocycles. The van der Waals surface area contributed by atoms with Crippen LogP contribution in [0.25, 0.3) is 0 Å². The Balaban J connectivity index is 2.36. The molecule has 2 rings (SSSR count). The summed E-state index contributed by atoms with van der Waals surface area (Å²) in [6.07, 6.45) is 1.46. The van der Waals surface area contributed by atoms with Gasteiger partial charge in [0.25, 0.3) is 0 Å². The molecule has 9 heteroatoms. The summed E-state index contributed by atoms with van der Waals surface area (Å²) in [5, 5.41) is 12.1. The van der Waals surface area contributed by atoms with Crippen molar-refractivity contribution in [2.45, 2.75) is 30.7 Å². The van der Waals surface area contributed by atoms with Crippen molar-refractivity contribution in [3.63, 3.8) is 0 Å². The molecule has 1 saturated heterocycles. The van der Waals surface area contributed by atoms with Crippen molar-refractivity contribution >= 4 is 31.9 Å². The van der Waals surface area contributed by atoms with E-state index in [2.05, 4.69) is 21.2 Å². The summed E-state index contributed by atoms with van der Waals surface area (Å²) in [4.78, 5) is 10.8. The Kier molecular flexibility index (Phi) is 5.07. The maximum Gasteiger partial charge on any atom is 0.371 e. The number of hydrogen-bond acceptors (Lipinski definition) is 5. The third kappa shape index (κ3) is 3.31. The molecule has 1 fully saturated rings. The van der Waals surface area contributed by atoms with E-state index in [0.717, 1.165) is 32.0 Å². The number of carbonyl (C=O) groups is 1. The molecule has 1 aliphatic rings. The van der Waals surface area contributed by atoms with E-state index >= 15 is 0 Å². The highest BCUT2D eigenvalue weighted by Crippen LogP contribution is 2.31. The zero-order valence-electron chi connectivity index (χ0n) is 11.5. The van der Waals surface area contributed by atoms with E-state index in [9.17, 15) is 13.2 Å². The highest BCUT2D eigenvalue weighted by Gasteiger charge is 2.34. The third-order valence-corrected chi connectivity index (χ3v) is 6.36. The van der Waals surface area contributed by atoms with Crippen LogP contribution in [0.5, 0.6) is 0 Å². The average Bonchev–Trinajstić information content (AvgIpc) is 2.83. The van der Waals surface area contributed by atoms with Gasteiger partial charge in [0.15, 0.2) is 4.67 Å². The van der Waals surface area contributed by atoms with Crippen LogP contribution in [-0.4, -0.2) is 49.5 Å². The summed E-state index contributed by atoms with van der Waals surface area (Å²) in [6, 6.07) is 0.960. The second kappa shape index (κ2) is 6.47. The number of hydrogen-bond donors (Lipinski definition) is 2. The van der Waals surface area contributed by atoms with Gasteiger partial charge in [-0.05, 0) is 41.9 Å². The second-order valence-corrected chi connectivity index (χ2v) is 7.32. The molecule has 0 bridgehead atoms. The fourth-order valence-corrected chi connectivity index (χ4v) is 5.08. The first kappa shape index (κ1) is 16.5. The second-order valence-electron chi connectivity index (χ2n) is 4.74. The number of aromatic carboxylic acids is 1. The van der Waals surface area contributed by atoms with Gasteiger partial charge in [-0.15, -0.1) is 0 Å². The van der Waals surface area contributed by atoms with E-state index in [1.54, 1.807) is 6.92 Å². The van der Waals surface area contributed by atoms with E-state index in [1.807, 2.05) is 0 Å². The lowest BCUT2D eigenvalue weighted by Gasteiger charge is -2.32. The molecule has 21 heavy (non-hydrogen) atoms. The standard InChI is InChI=1S/C12H17BrN2O5S/c1-2-15(8-3-5-14-6-4-8)21(18,19)10-7-9(12(16)17)20-11(10)13/h7-8,14H,2-6H2,1H3,(H,16,17). The van der Waals surface area contributed by atoms with Crippen molar-refractivity contribution < 1.29 is 22.7 Å². The molecule has 1 aromatic rings. The van der Waals surface area contributed by atoms with E-state index in [-0.39, 0.29) is 15.6 Å². The lowest BCUT2D eigenvalue weighted by Crippen LogP contribution is -2.45. The highest BCUT2D eigenvalue weighted by molar-refractivity contribution is 9.10. The smallest absolute Gasteiger partial charge is 0.371 e. The summed E-state index contributed by atoms with van der Waals surface area (Å²) in [7, 11) is -3.79. The quantitative estimate of drug-likeness (QED) is 0.802. The number of nitrogens with one attached hydrogen (secondary N) is 1. The topological polar surface area (TPSA) is 99.9 Å². The third-order valence-electron chi connectivity index (χ3n) is 3.48. The molecule has 2 heterocycles. The molecule has 118 valence electrons. The first-order valence-corrected chi connectivity index (χ1v) is 8.86. The number of piperidine rings is 1. The first-order chi connectivity index (χ1) is 9.87. The normalized spacial score (nSPS) is 17.3. The van der Waals surface area contributed by atoms with Crippen LogP contribution in [0.4, 0.5) is 0 Å². The van der Waals surface area contributed by atoms with Crippen LogP contribution in [0, 0.1) is 0 Å². The van der Waals surface area contributed by atoms with Crippen molar-refractivity contribution in [3.8, 4) is 0 Å². The van der Waals surface area contributed by atoms with Gasteiger partial charge >= 0.3 is 5.97 Å². The van der Waals surface area contributed by atoms with Crippen LogP contribution in [0.2, 0.25) is 0 Å². The van der Waals surface area contributed by atoms with Crippen molar-refractivity contribution in [2.24, 2.45) is 0 Å². The molecule has 0 saturated carbocycles. The lowest BCUT2D eigenvalue weighted by atomic mass is 10.1. The minimum atomic E-state index is -3.79. The molecule has 0 spiro atoms. The lowest BCUT2D eigenvalue weighted by molar-refractivity contribution is 0.0661. The maximum absolute atomic E-state index is 12.7. The van der Waals surface area contributed by atoms with Crippen molar-refractivity contribution in [3.05, 3.63) is 16.5 Å². The van der Waals surface area contributed by atoms with E-state index in [0.29, 0.717) is 6.54 Å². The maximum atomic E-state index is 12.7. The Labute approximate surface area is 131 Å².